The van der Waals surface area contributed by atoms with Gasteiger partial charge in [0.25, 0.3) is 0 Å². The molecule has 0 saturated heterocycles. The van der Waals surface area contributed by atoms with Gasteiger partial charge in [-0.3, -0.25) is 0 Å². The Labute approximate surface area is 212 Å². The summed E-state index contributed by atoms with van der Waals surface area (Å²) >= 11 is 0. The van der Waals surface area contributed by atoms with Crippen LogP contribution in [0.5, 0.6) is 0 Å². The third-order valence-electron chi connectivity index (χ3n) is 5.85. The minimum absolute atomic E-state index is 0.309. The second-order valence-electron chi connectivity index (χ2n) is 10.1. The van der Waals surface area contributed by atoms with Gasteiger partial charge in [0.2, 0.25) is 0 Å². The van der Waals surface area contributed by atoms with E-state index in [0.29, 0.717) is 5.92 Å². The summed E-state index contributed by atoms with van der Waals surface area (Å²) in [6, 6.07) is 32.0. The van der Waals surface area contributed by atoms with E-state index in [4.69, 9.17) is 0 Å². The molecule has 3 aromatic rings. The molecule has 0 spiro atoms. The quantitative estimate of drug-likeness (QED) is 0.321. The summed E-state index contributed by atoms with van der Waals surface area (Å²) in [6.07, 6.45) is 3.92. The normalized spacial score (nSPS) is 10.1. The van der Waals surface area contributed by atoms with Crippen LogP contribution in [0.15, 0.2) is 91.0 Å². The molecule has 0 heterocycles. The summed E-state index contributed by atoms with van der Waals surface area (Å²) in [5.74, 6) is 2.96. The van der Waals surface area contributed by atoms with E-state index < -0.39 is 0 Å². The van der Waals surface area contributed by atoms with E-state index in [1.54, 1.807) is 0 Å². The Kier molecular flexibility index (Phi) is 18.7. The van der Waals surface area contributed by atoms with Crippen LogP contribution in [0, 0.1) is 17.8 Å². The molecule has 0 nitrogen and oxygen atoms in total. The monoisotopic (exact) mass is 460 g/mol. The van der Waals surface area contributed by atoms with Crippen molar-refractivity contribution < 1.29 is 0 Å². The SMILES string of the molecule is CCC(C)C.CCC(C)C.CCC(C)C.c1ccc(C(c2ccccc2)c2ccccc2)cc1. The third-order valence-corrected chi connectivity index (χ3v) is 5.85. The van der Waals surface area contributed by atoms with Gasteiger partial charge >= 0.3 is 0 Å². The van der Waals surface area contributed by atoms with Crippen LogP contribution in [-0.4, -0.2) is 0 Å². The summed E-state index contributed by atoms with van der Waals surface area (Å²) < 4.78 is 0. The van der Waals surface area contributed by atoms with Crippen molar-refractivity contribution in [1.82, 2.24) is 0 Å². The maximum Gasteiger partial charge on any atom is 0.0339 e. The highest BCUT2D eigenvalue weighted by molar-refractivity contribution is 5.42. The van der Waals surface area contributed by atoms with Gasteiger partial charge in [-0.1, -0.05) is 173 Å². The molecular weight excluding hydrogens is 408 g/mol. The molecule has 0 unspecified atom stereocenters. The van der Waals surface area contributed by atoms with Gasteiger partial charge in [-0.2, -0.15) is 0 Å². The topological polar surface area (TPSA) is 0 Å². The molecule has 0 bridgehead atoms. The number of hydrogen-bond acceptors (Lipinski definition) is 0. The molecule has 0 amide bonds. The minimum Gasteiger partial charge on any atom is -0.0651 e. The third kappa shape index (κ3) is 15.5. The van der Waals surface area contributed by atoms with E-state index in [1.165, 1.54) is 36.0 Å². The minimum atomic E-state index is 0.309. The molecule has 0 fully saturated rings. The van der Waals surface area contributed by atoms with Gasteiger partial charge in [-0.05, 0) is 34.4 Å². The average molecular weight is 461 g/mol. The molecule has 0 saturated carbocycles. The summed E-state index contributed by atoms with van der Waals surface area (Å²) in [5.41, 5.74) is 4.00. The highest BCUT2D eigenvalue weighted by Gasteiger charge is 2.15. The van der Waals surface area contributed by atoms with Gasteiger partial charge in [0.15, 0.2) is 0 Å². The van der Waals surface area contributed by atoms with Crippen LogP contribution in [-0.2, 0) is 0 Å². The maximum atomic E-state index is 2.22. The lowest BCUT2D eigenvalue weighted by molar-refractivity contribution is 0.626. The summed E-state index contributed by atoms with van der Waals surface area (Å²) in [5, 5.41) is 0. The zero-order valence-corrected chi connectivity index (χ0v) is 23.6. The molecule has 188 valence electrons. The molecule has 0 aliphatic carbocycles. The van der Waals surface area contributed by atoms with Crippen molar-refractivity contribution in [3.05, 3.63) is 108 Å². The van der Waals surface area contributed by atoms with Crippen LogP contribution >= 0.6 is 0 Å². The largest absolute Gasteiger partial charge is 0.0651 e. The summed E-state index contributed by atoms with van der Waals surface area (Å²) in [4.78, 5) is 0. The predicted molar refractivity (Wildman–Crippen MR) is 156 cm³/mol. The van der Waals surface area contributed by atoms with Crippen molar-refractivity contribution in [2.45, 2.75) is 87.5 Å². The molecule has 0 N–H and O–H groups in total. The molecule has 0 heteroatoms. The highest BCUT2D eigenvalue weighted by atomic mass is 14.2. The lowest BCUT2D eigenvalue weighted by Crippen LogP contribution is -2.02. The van der Waals surface area contributed by atoms with Gasteiger partial charge in [0, 0.05) is 5.92 Å². The molecule has 0 aromatic heterocycles. The Hall–Kier alpha value is -2.34. The zero-order chi connectivity index (χ0) is 25.8. The molecular formula is C34H52. The summed E-state index contributed by atoms with van der Waals surface area (Å²) in [6.45, 7) is 19.9. The van der Waals surface area contributed by atoms with Gasteiger partial charge in [-0.25, -0.2) is 0 Å². The predicted octanol–water partition coefficient (Wildman–Crippen LogP) is 11.0. The van der Waals surface area contributed by atoms with Crippen molar-refractivity contribution in [2.24, 2.45) is 17.8 Å². The van der Waals surface area contributed by atoms with Crippen molar-refractivity contribution in [3.8, 4) is 0 Å². The Bertz CT molecular complexity index is 672. The average Bonchev–Trinajstić information content (AvgIpc) is 2.87. The standard InChI is InChI=1S/C19H16.3C5H12/c1-4-10-16(11-5-1)19(17-12-6-2-7-13-17)18-14-8-3-9-15-18;3*1-4-5(2)3/h1-15,19H;3*5H,4H2,1-3H3. The lowest BCUT2D eigenvalue weighted by Gasteiger charge is -2.18. The first-order chi connectivity index (χ1) is 16.3. The van der Waals surface area contributed by atoms with Crippen molar-refractivity contribution >= 4 is 0 Å². The van der Waals surface area contributed by atoms with E-state index in [9.17, 15) is 0 Å². The Morgan fingerprint density at radius 3 is 0.706 bits per heavy atom. The molecule has 0 aliphatic rings. The number of rotatable bonds is 6. The molecule has 0 atom stereocenters. The van der Waals surface area contributed by atoms with Crippen LogP contribution in [0.2, 0.25) is 0 Å². The Balaban J connectivity index is 0.000000599. The van der Waals surface area contributed by atoms with E-state index in [2.05, 4.69) is 153 Å². The Morgan fingerprint density at radius 2 is 0.559 bits per heavy atom. The van der Waals surface area contributed by atoms with Crippen LogP contribution in [0.3, 0.4) is 0 Å². The second-order valence-corrected chi connectivity index (χ2v) is 10.1. The second kappa shape index (κ2) is 20.1. The van der Waals surface area contributed by atoms with Crippen LogP contribution in [0.25, 0.3) is 0 Å². The van der Waals surface area contributed by atoms with E-state index in [0.717, 1.165) is 17.8 Å². The first-order valence-electron chi connectivity index (χ1n) is 13.4. The van der Waals surface area contributed by atoms with Gasteiger partial charge < -0.3 is 0 Å². The van der Waals surface area contributed by atoms with Gasteiger partial charge in [0.1, 0.15) is 0 Å². The highest BCUT2D eigenvalue weighted by Crippen LogP contribution is 2.31. The van der Waals surface area contributed by atoms with Crippen molar-refractivity contribution in [3.63, 3.8) is 0 Å². The zero-order valence-electron chi connectivity index (χ0n) is 23.6. The van der Waals surface area contributed by atoms with E-state index >= 15 is 0 Å². The smallest absolute Gasteiger partial charge is 0.0339 e. The number of hydrogen-bond donors (Lipinski definition) is 0. The fourth-order valence-electron chi connectivity index (χ4n) is 2.51. The van der Waals surface area contributed by atoms with Gasteiger partial charge in [0.05, 0.1) is 0 Å². The van der Waals surface area contributed by atoms with E-state index in [1.807, 2.05) is 0 Å². The van der Waals surface area contributed by atoms with Gasteiger partial charge in [-0.15, -0.1) is 0 Å². The van der Waals surface area contributed by atoms with E-state index in [-0.39, 0.29) is 0 Å². The van der Waals surface area contributed by atoms with Crippen LogP contribution in [0.4, 0.5) is 0 Å². The van der Waals surface area contributed by atoms with Crippen molar-refractivity contribution in [2.75, 3.05) is 0 Å². The van der Waals surface area contributed by atoms with Crippen LogP contribution < -0.4 is 0 Å². The lowest BCUT2D eigenvalue weighted by atomic mass is 9.85. The molecule has 34 heavy (non-hydrogen) atoms. The molecule has 3 aromatic carbocycles. The fraction of sp³-hybridized carbons (Fsp3) is 0.471. The van der Waals surface area contributed by atoms with Crippen LogP contribution in [0.1, 0.15) is 104 Å². The molecule has 3 rings (SSSR count). The molecule has 0 aliphatic heterocycles. The first-order valence-corrected chi connectivity index (χ1v) is 13.4. The maximum absolute atomic E-state index is 2.22. The Morgan fingerprint density at radius 1 is 0.382 bits per heavy atom. The number of benzene rings is 3. The molecule has 0 radical (unpaired) electrons. The first kappa shape index (κ1) is 31.7. The van der Waals surface area contributed by atoms with Crippen molar-refractivity contribution in [1.29, 1.82) is 0 Å². The fourth-order valence-corrected chi connectivity index (χ4v) is 2.51. The summed E-state index contributed by atoms with van der Waals surface area (Å²) in [7, 11) is 0.